The van der Waals surface area contributed by atoms with Crippen molar-refractivity contribution in [2.75, 3.05) is 5.73 Å². The summed E-state index contributed by atoms with van der Waals surface area (Å²) in [5.74, 6) is 1.02. The van der Waals surface area contributed by atoms with E-state index in [1.807, 2.05) is 42.5 Å². The van der Waals surface area contributed by atoms with Crippen LogP contribution in [0.1, 0.15) is 0 Å². The molecular weight excluding hydrogens is 278 g/mol. The molecule has 0 spiro atoms. The molecule has 7 heteroatoms. The predicted octanol–water partition coefficient (Wildman–Crippen LogP) is 2.06. The lowest BCUT2D eigenvalue weighted by atomic mass is 10.1. The highest BCUT2D eigenvalue weighted by molar-refractivity contribution is 5.93. The summed E-state index contributed by atoms with van der Waals surface area (Å²) in [6, 6.07) is 13.4. The highest BCUT2D eigenvalue weighted by Crippen LogP contribution is 2.28. The third-order valence-electron chi connectivity index (χ3n) is 3.37. The van der Waals surface area contributed by atoms with Gasteiger partial charge in [0.25, 0.3) is 0 Å². The average Bonchev–Trinajstić information content (AvgIpc) is 3.09. The zero-order valence-corrected chi connectivity index (χ0v) is 11.4. The van der Waals surface area contributed by atoms with Crippen molar-refractivity contribution in [3.63, 3.8) is 0 Å². The Hall–Kier alpha value is -3.35. The van der Waals surface area contributed by atoms with Crippen molar-refractivity contribution < 1.29 is 0 Å². The van der Waals surface area contributed by atoms with Crippen LogP contribution in [0.5, 0.6) is 0 Å². The van der Waals surface area contributed by atoms with Gasteiger partial charge in [-0.15, -0.1) is 10.2 Å². The zero-order valence-electron chi connectivity index (χ0n) is 11.4. The van der Waals surface area contributed by atoms with Crippen molar-refractivity contribution in [1.29, 1.82) is 0 Å². The Balaban J connectivity index is 1.85. The second kappa shape index (κ2) is 4.88. The van der Waals surface area contributed by atoms with E-state index in [0.29, 0.717) is 11.6 Å². The Bertz CT molecular complexity index is 930. The lowest BCUT2D eigenvalue weighted by Crippen LogP contribution is -1.95. The quantitative estimate of drug-likeness (QED) is 0.585. The van der Waals surface area contributed by atoms with E-state index < -0.39 is 0 Å². The first-order valence-electron chi connectivity index (χ1n) is 6.67. The molecule has 0 saturated carbocycles. The Morgan fingerprint density at radius 1 is 1.00 bits per heavy atom. The maximum Gasteiger partial charge on any atom is 0.204 e. The molecule has 4 rings (SSSR count). The summed E-state index contributed by atoms with van der Waals surface area (Å²) in [6.07, 6.45) is 1.75. The summed E-state index contributed by atoms with van der Waals surface area (Å²) in [7, 11) is 0. The fourth-order valence-corrected chi connectivity index (χ4v) is 2.37. The molecule has 3 aromatic heterocycles. The number of anilines is 1. The van der Waals surface area contributed by atoms with Crippen LogP contribution in [0, 0.1) is 0 Å². The lowest BCUT2D eigenvalue weighted by molar-refractivity contribution is 0.881. The SMILES string of the molecule is Nc1cc2cccnc2c(-c2ccc(-c3nn[nH]n3)cc2)n1. The van der Waals surface area contributed by atoms with E-state index in [-0.39, 0.29) is 0 Å². The molecule has 106 valence electrons. The predicted molar refractivity (Wildman–Crippen MR) is 82.6 cm³/mol. The Labute approximate surface area is 125 Å². The molecule has 7 nitrogen and oxygen atoms in total. The molecule has 22 heavy (non-hydrogen) atoms. The maximum atomic E-state index is 5.90. The van der Waals surface area contributed by atoms with Crippen LogP contribution >= 0.6 is 0 Å². The van der Waals surface area contributed by atoms with Gasteiger partial charge in [-0.25, -0.2) is 4.98 Å². The number of nitrogens with zero attached hydrogens (tertiary/aromatic N) is 5. The van der Waals surface area contributed by atoms with Gasteiger partial charge in [-0.3, -0.25) is 4.98 Å². The van der Waals surface area contributed by atoms with E-state index in [1.54, 1.807) is 6.20 Å². The number of H-pyrrole nitrogens is 1. The van der Waals surface area contributed by atoms with Gasteiger partial charge in [0.1, 0.15) is 5.82 Å². The fraction of sp³-hybridized carbons (Fsp3) is 0. The van der Waals surface area contributed by atoms with E-state index in [9.17, 15) is 0 Å². The van der Waals surface area contributed by atoms with Crippen molar-refractivity contribution in [2.24, 2.45) is 0 Å². The fourth-order valence-electron chi connectivity index (χ4n) is 2.37. The number of hydrogen-bond acceptors (Lipinski definition) is 6. The van der Waals surface area contributed by atoms with Gasteiger partial charge in [-0.05, 0) is 17.3 Å². The van der Waals surface area contributed by atoms with Crippen molar-refractivity contribution in [2.45, 2.75) is 0 Å². The minimum Gasteiger partial charge on any atom is -0.384 e. The third-order valence-corrected chi connectivity index (χ3v) is 3.37. The number of aromatic amines is 1. The first-order valence-corrected chi connectivity index (χ1v) is 6.67. The summed E-state index contributed by atoms with van der Waals surface area (Å²) < 4.78 is 0. The van der Waals surface area contributed by atoms with Gasteiger partial charge in [0.2, 0.25) is 5.82 Å². The minimum absolute atomic E-state index is 0.470. The van der Waals surface area contributed by atoms with Crippen LogP contribution in [0.15, 0.2) is 48.7 Å². The summed E-state index contributed by atoms with van der Waals surface area (Å²) in [5.41, 5.74) is 9.29. The first-order chi connectivity index (χ1) is 10.8. The number of rotatable bonds is 2. The molecule has 4 aromatic rings. The van der Waals surface area contributed by atoms with Crippen LogP contribution in [0.3, 0.4) is 0 Å². The van der Waals surface area contributed by atoms with Crippen molar-refractivity contribution in [3.05, 3.63) is 48.7 Å². The van der Waals surface area contributed by atoms with Crippen molar-refractivity contribution in [1.82, 2.24) is 30.6 Å². The minimum atomic E-state index is 0.470. The second-order valence-electron chi connectivity index (χ2n) is 4.78. The molecule has 0 aliphatic heterocycles. The Morgan fingerprint density at radius 3 is 2.59 bits per heavy atom. The molecule has 0 aliphatic carbocycles. The monoisotopic (exact) mass is 289 g/mol. The first kappa shape index (κ1) is 12.4. The highest BCUT2D eigenvalue weighted by Gasteiger charge is 2.09. The van der Waals surface area contributed by atoms with E-state index >= 15 is 0 Å². The molecule has 0 atom stereocenters. The van der Waals surface area contributed by atoms with Crippen LogP contribution in [0.4, 0.5) is 5.82 Å². The van der Waals surface area contributed by atoms with Gasteiger partial charge in [0.15, 0.2) is 0 Å². The molecule has 0 amide bonds. The molecule has 3 N–H and O–H groups in total. The van der Waals surface area contributed by atoms with Crippen molar-refractivity contribution in [3.8, 4) is 22.6 Å². The van der Waals surface area contributed by atoms with Crippen LogP contribution < -0.4 is 5.73 Å². The van der Waals surface area contributed by atoms with Crippen molar-refractivity contribution >= 4 is 16.7 Å². The second-order valence-corrected chi connectivity index (χ2v) is 4.78. The number of aromatic nitrogens is 6. The number of hydrogen-bond donors (Lipinski definition) is 2. The van der Waals surface area contributed by atoms with Gasteiger partial charge in [0.05, 0.1) is 11.2 Å². The van der Waals surface area contributed by atoms with Gasteiger partial charge in [-0.2, -0.15) is 5.21 Å². The molecule has 0 aliphatic rings. The number of fused-ring (bicyclic) bond motifs is 1. The standard InChI is InChI=1S/C15H11N7/c16-12-8-11-2-1-7-17-13(11)14(18-12)9-3-5-10(6-4-9)15-19-21-22-20-15/h1-8H,(H2,16,18)(H,19,20,21,22). The topological polar surface area (TPSA) is 106 Å². The van der Waals surface area contributed by atoms with Gasteiger partial charge in [-0.1, -0.05) is 30.3 Å². The Morgan fingerprint density at radius 2 is 1.82 bits per heavy atom. The van der Waals surface area contributed by atoms with Crippen LogP contribution in [-0.4, -0.2) is 30.6 Å². The van der Waals surface area contributed by atoms with E-state index in [2.05, 4.69) is 30.6 Å². The number of tetrazole rings is 1. The molecular formula is C15H11N7. The normalized spacial score (nSPS) is 10.9. The molecule has 0 saturated heterocycles. The summed E-state index contributed by atoms with van der Waals surface area (Å²) >= 11 is 0. The molecule has 0 fully saturated rings. The molecule has 1 aromatic carbocycles. The molecule has 0 bridgehead atoms. The number of nitrogen functional groups attached to an aromatic ring is 1. The summed E-state index contributed by atoms with van der Waals surface area (Å²) in [5, 5.41) is 14.9. The highest BCUT2D eigenvalue weighted by atomic mass is 15.5. The van der Waals surface area contributed by atoms with E-state index in [1.165, 1.54) is 0 Å². The van der Waals surface area contributed by atoms with Gasteiger partial charge in [0, 0.05) is 22.7 Å². The van der Waals surface area contributed by atoms with Crippen LogP contribution in [0.2, 0.25) is 0 Å². The largest absolute Gasteiger partial charge is 0.384 e. The van der Waals surface area contributed by atoms with Gasteiger partial charge >= 0.3 is 0 Å². The number of nitrogens with two attached hydrogens (primary N) is 1. The van der Waals surface area contributed by atoms with Gasteiger partial charge < -0.3 is 5.73 Å². The van der Waals surface area contributed by atoms with E-state index in [4.69, 9.17) is 5.73 Å². The molecule has 3 heterocycles. The lowest BCUT2D eigenvalue weighted by Gasteiger charge is -2.07. The zero-order chi connectivity index (χ0) is 14.9. The number of pyridine rings is 2. The van der Waals surface area contributed by atoms with E-state index in [0.717, 1.165) is 27.7 Å². The number of benzene rings is 1. The summed E-state index contributed by atoms with van der Waals surface area (Å²) in [4.78, 5) is 8.84. The Kier molecular flexibility index (Phi) is 2.75. The maximum absolute atomic E-state index is 5.90. The average molecular weight is 289 g/mol. The third kappa shape index (κ3) is 2.05. The summed E-state index contributed by atoms with van der Waals surface area (Å²) in [6.45, 7) is 0. The van der Waals surface area contributed by atoms with Crippen LogP contribution in [-0.2, 0) is 0 Å². The molecule has 0 radical (unpaired) electrons. The smallest absolute Gasteiger partial charge is 0.204 e. The molecule has 0 unspecified atom stereocenters. The van der Waals surface area contributed by atoms with Crippen LogP contribution in [0.25, 0.3) is 33.5 Å². The number of nitrogens with one attached hydrogen (secondary N) is 1.